The standard InChI is InChI=1S/C17H16F4O/c1-16(2,3)12-6-9-15(14(18)10-12)22-13-7-4-11(5-8-13)17(19,20)21/h4-10H,1-3H3. The summed E-state index contributed by atoms with van der Waals surface area (Å²) in [7, 11) is 0. The summed E-state index contributed by atoms with van der Waals surface area (Å²) < 4.78 is 56.7. The molecule has 0 fully saturated rings. The molecule has 0 amide bonds. The molecule has 5 heteroatoms. The molecule has 0 saturated heterocycles. The van der Waals surface area contributed by atoms with Crippen LogP contribution in [0, 0.1) is 5.82 Å². The van der Waals surface area contributed by atoms with Crippen LogP contribution in [0.3, 0.4) is 0 Å². The zero-order chi connectivity index (χ0) is 16.5. The summed E-state index contributed by atoms with van der Waals surface area (Å²) in [6.07, 6.45) is -4.40. The monoisotopic (exact) mass is 312 g/mol. The van der Waals surface area contributed by atoms with Crippen molar-refractivity contribution in [2.75, 3.05) is 0 Å². The van der Waals surface area contributed by atoms with Crippen molar-refractivity contribution >= 4 is 0 Å². The van der Waals surface area contributed by atoms with E-state index in [4.69, 9.17) is 4.74 Å². The molecular weight excluding hydrogens is 296 g/mol. The van der Waals surface area contributed by atoms with Crippen LogP contribution in [0.5, 0.6) is 11.5 Å². The first-order valence-corrected chi connectivity index (χ1v) is 6.72. The van der Waals surface area contributed by atoms with Crippen LogP contribution in [0.1, 0.15) is 31.9 Å². The predicted octanol–water partition coefficient (Wildman–Crippen LogP) is 5.93. The predicted molar refractivity (Wildman–Crippen MR) is 76.6 cm³/mol. The van der Waals surface area contributed by atoms with E-state index in [1.807, 2.05) is 20.8 Å². The molecule has 0 spiro atoms. The largest absolute Gasteiger partial charge is 0.454 e. The van der Waals surface area contributed by atoms with Gasteiger partial charge in [-0.3, -0.25) is 0 Å². The van der Waals surface area contributed by atoms with Crippen molar-refractivity contribution in [3.05, 3.63) is 59.4 Å². The minimum absolute atomic E-state index is 0.0206. The number of ether oxygens (including phenoxy) is 1. The molecule has 118 valence electrons. The molecule has 0 saturated carbocycles. The summed E-state index contributed by atoms with van der Waals surface area (Å²) in [5.41, 5.74) is -0.165. The molecule has 0 unspecified atom stereocenters. The van der Waals surface area contributed by atoms with Gasteiger partial charge in [0.15, 0.2) is 11.6 Å². The van der Waals surface area contributed by atoms with Crippen molar-refractivity contribution in [2.24, 2.45) is 0 Å². The first kappa shape index (κ1) is 16.3. The molecule has 2 rings (SSSR count). The summed E-state index contributed by atoms with van der Waals surface area (Å²) in [5, 5.41) is 0. The second-order valence-corrected chi connectivity index (χ2v) is 6.02. The van der Waals surface area contributed by atoms with Crippen molar-refractivity contribution in [1.82, 2.24) is 0 Å². The molecule has 0 N–H and O–H groups in total. The number of hydrogen-bond acceptors (Lipinski definition) is 1. The molecule has 0 aliphatic carbocycles. The molecule has 0 heterocycles. The molecule has 2 aromatic carbocycles. The quantitative estimate of drug-likeness (QED) is 0.624. The molecule has 0 aliphatic rings. The van der Waals surface area contributed by atoms with Gasteiger partial charge in [-0.1, -0.05) is 26.8 Å². The third-order valence-electron chi connectivity index (χ3n) is 3.21. The topological polar surface area (TPSA) is 9.23 Å². The van der Waals surface area contributed by atoms with Crippen molar-refractivity contribution in [3.63, 3.8) is 0 Å². The van der Waals surface area contributed by atoms with Gasteiger partial charge in [0.25, 0.3) is 0 Å². The maximum absolute atomic E-state index is 14.0. The van der Waals surface area contributed by atoms with E-state index >= 15 is 0 Å². The fourth-order valence-corrected chi connectivity index (χ4v) is 1.89. The van der Waals surface area contributed by atoms with E-state index in [1.54, 1.807) is 6.07 Å². The lowest BCUT2D eigenvalue weighted by atomic mass is 9.87. The Morgan fingerprint density at radius 3 is 1.82 bits per heavy atom. The van der Waals surface area contributed by atoms with E-state index in [-0.39, 0.29) is 16.9 Å². The molecule has 0 atom stereocenters. The summed E-state index contributed by atoms with van der Waals surface area (Å²) in [5.74, 6) is -0.421. The third kappa shape index (κ3) is 3.78. The van der Waals surface area contributed by atoms with Crippen molar-refractivity contribution in [1.29, 1.82) is 0 Å². The van der Waals surface area contributed by atoms with Crippen molar-refractivity contribution in [3.8, 4) is 11.5 Å². The van der Waals surface area contributed by atoms with Crippen LogP contribution in [-0.4, -0.2) is 0 Å². The molecule has 0 aliphatic heterocycles. The van der Waals surface area contributed by atoms with E-state index in [2.05, 4.69) is 0 Å². The number of rotatable bonds is 2. The van der Waals surface area contributed by atoms with Crippen molar-refractivity contribution in [2.45, 2.75) is 32.4 Å². The summed E-state index contributed by atoms with van der Waals surface area (Å²) in [6.45, 7) is 5.87. The molecule has 0 radical (unpaired) electrons. The van der Waals surface area contributed by atoms with Gasteiger partial charge in [-0.05, 0) is 47.4 Å². The Balaban J connectivity index is 2.21. The average molecular weight is 312 g/mol. The number of hydrogen-bond donors (Lipinski definition) is 0. The third-order valence-corrected chi connectivity index (χ3v) is 3.21. The molecule has 22 heavy (non-hydrogen) atoms. The molecule has 2 aromatic rings. The Morgan fingerprint density at radius 1 is 0.818 bits per heavy atom. The zero-order valence-electron chi connectivity index (χ0n) is 12.5. The highest BCUT2D eigenvalue weighted by Gasteiger charge is 2.30. The zero-order valence-corrected chi connectivity index (χ0v) is 12.5. The second-order valence-electron chi connectivity index (χ2n) is 6.02. The Morgan fingerprint density at radius 2 is 1.36 bits per heavy atom. The average Bonchev–Trinajstić information content (AvgIpc) is 2.39. The van der Waals surface area contributed by atoms with E-state index in [0.717, 1.165) is 17.7 Å². The number of benzene rings is 2. The van der Waals surface area contributed by atoms with Gasteiger partial charge >= 0.3 is 6.18 Å². The lowest BCUT2D eigenvalue weighted by molar-refractivity contribution is -0.137. The molecular formula is C17H16F4O. The SMILES string of the molecule is CC(C)(C)c1ccc(Oc2ccc(C(F)(F)F)cc2)c(F)c1. The lowest BCUT2D eigenvalue weighted by Gasteiger charge is -2.19. The van der Waals surface area contributed by atoms with Crippen LogP contribution in [0.15, 0.2) is 42.5 Å². The fraction of sp³-hybridized carbons (Fsp3) is 0.294. The van der Waals surface area contributed by atoms with Gasteiger partial charge < -0.3 is 4.74 Å². The Kier molecular flexibility index (Phi) is 4.18. The molecule has 1 nitrogen and oxygen atoms in total. The minimum Gasteiger partial charge on any atom is -0.454 e. The van der Waals surface area contributed by atoms with Crippen LogP contribution in [0.25, 0.3) is 0 Å². The highest BCUT2D eigenvalue weighted by Crippen LogP contribution is 2.33. The van der Waals surface area contributed by atoms with Crippen LogP contribution >= 0.6 is 0 Å². The van der Waals surface area contributed by atoms with Crippen molar-refractivity contribution < 1.29 is 22.3 Å². The van der Waals surface area contributed by atoms with Gasteiger partial charge in [0.05, 0.1) is 5.56 Å². The minimum atomic E-state index is -4.40. The second kappa shape index (κ2) is 5.63. The van der Waals surface area contributed by atoms with Crippen LogP contribution in [-0.2, 0) is 11.6 Å². The number of alkyl halides is 3. The highest BCUT2D eigenvalue weighted by atomic mass is 19.4. The summed E-state index contributed by atoms with van der Waals surface area (Å²) in [6, 6.07) is 8.73. The summed E-state index contributed by atoms with van der Waals surface area (Å²) >= 11 is 0. The fourth-order valence-electron chi connectivity index (χ4n) is 1.89. The van der Waals surface area contributed by atoms with E-state index in [0.29, 0.717) is 0 Å². The van der Waals surface area contributed by atoms with Crippen LogP contribution < -0.4 is 4.74 Å². The maximum atomic E-state index is 14.0. The summed E-state index contributed by atoms with van der Waals surface area (Å²) in [4.78, 5) is 0. The maximum Gasteiger partial charge on any atom is 0.416 e. The van der Waals surface area contributed by atoms with Gasteiger partial charge in [-0.15, -0.1) is 0 Å². The molecule has 0 bridgehead atoms. The van der Waals surface area contributed by atoms with Gasteiger partial charge in [-0.25, -0.2) is 4.39 Å². The lowest BCUT2D eigenvalue weighted by Crippen LogP contribution is -2.11. The van der Waals surface area contributed by atoms with E-state index < -0.39 is 17.6 Å². The normalized spacial score (nSPS) is 12.3. The van der Waals surface area contributed by atoms with Gasteiger partial charge in [0.2, 0.25) is 0 Å². The van der Waals surface area contributed by atoms with Gasteiger partial charge in [-0.2, -0.15) is 13.2 Å². The van der Waals surface area contributed by atoms with E-state index in [9.17, 15) is 17.6 Å². The Labute approximate surface area is 126 Å². The Bertz CT molecular complexity index is 652. The smallest absolute Gasteiger partial charge is 0.416 e. The van der Waals surface area contributed by atoms with Gasteiger partial charge in [0, 0.05) is 0 Å². The van der Waals surface area contributed by atoms with Crippen LogP contribution in [0.2, 0.25) is 0 Å². The highest BCUT2D eigenvalue weighted by molar-refractivity contribution is 5.37. The van der Waals surface area contributed by atoms with E-state index in [1.165, 1.54) is 24.3 Å². The van der Waals surface area contributed by atoms with Crippen LogP contribution in [0.4, 0.5) is 17.6 Å². The number of halogens is 4. The Hall–Kier alpha value is -2.04. The first-order valence-electron chi connectivity index (χ1n) is 6.72. The van der Waals surface area contributed by atoms with Gasteiger partial charge in [0.1, 0.15) is 5.75 Å². The molecule has 0 aromatic heterocycles. The first-order chi connectivity index (χ1) is 10.1.